The van der Waals surface area contributed by atoms with Gasteiger partial charge in [-0.2, -0.15) is 0 Å². The van der Waals surface area contributed by atoms with Crippen molar-refractivity contribution in [1.82, 2.24) is 0 Å². The zero-order valence-corrected chi connectivity index (χ0v) is 10.2. The third-order valence-electron chi connectivity index (χ3n) is 2.32. The molecule has 0 heterocycles. The standard InChI is InChI=1S/C12H18O4/c1-5-15-9-7-12(3,14-4)8-10(11(9)13)16-6-2/h7-8H,5-6H2,1-4H3. The van der Waals surface area contributed by atoms with E-state index in [9.17, 15) is 4.79 Å². The second-order valence-corrected chi connectivity index (χ2v) is 3.60. The van der Waals surface area contributed by atoms with Crippen LogP contribution in [0.4, 0.5) is 0 Å². The first-order valence-electron chi connectivity index (χ1n) is 5.37. The summed E-state index contributed by atoms with van der Waals surface area (Å²) >= 11 is 0. The summed E-state index contributed by atoms with van der Waals surface area (Å²) in [5.74, 6) is 0.355. The summed E-state index contributed by atoms with van der Waals surface area (Å²) in [7, 11) is 1.58. The Bertz CT molecular complexity index is 302. The van der Waals surface area contributed by atoms with Crippen LogP contribution in [0.5, 0.6) is 0 Å². The lowest BCUT2D eigenvalue weighted by Crippen LogP contribution is -2.30. The first kappa shape index (κ1) is 12.8. The Morgan fingerprint density at radius 2 is 1.56 bits per heavy atom. The number of hydrogen-bond donors (Lipinski definition) is 0. The van der Waals surface area contributed by atoms with Crippen molar-refractivity contribution in [2.24, 2.45) is 0 Å². The van der Waals surface area contributed by atoms with Crippen molar-refractivity contribution in [3.8, 4) is 0 Å². The van der Waals surface area contributed by atoms with Gasteiger partial charge < -0.3 is 14.2 Å². The molecule has 0 aromatic heterocycles. The molecule has 0 fully saturated rings. The highest BCUT2D eigenvalue weighted by Crippen LogP contribution is 2.26. The number of carbonyl (C=O) groups is 1. The second-order valence-electron chi connectivity index (χ2n) is 3.60. The summed E-state index contributed by atoms with van der Waals surface area (Å²) in [5, 5.41) is 0. The first-order valence-corrected chi connectivity index (χ1v) is 5.37. The molecule has 16 heavy (non-hydrogen) atoms. The van der Waals surface area contributed by atoms with Crippen molar-refractivity contribution in [2.75, 3.05) is 20.3 Å². The van der Waals surface area contributed by atoms with Gasteiger partial charge >= 0.3 is 0 Å². The van der Waals surface area contributed by atoms with E-state index >= 15 is 0 Å². The van der Waals surface area contributed by atoms with Gasteiger partial charge in [0.1, 0.15) is 5.60 Å². The Balaban J connectivity index is 3.01. The first-order chi connectivity index (χ1) is 7.56. The minimum atomic E-state index is -0.650. The van der Waals surface area contributed by atoms with Gasteiger partial charge in [-0.25, -0.2) is 0 Å². The highest BCUT2D eigenvalue weighted by Gasteiger charge is 2.32. The molecular formula is C12H18O4. The molecule has 90 valence electrons. The van der Waals surface area contributed by atoms with E-state index in [4.69, 9.17) is 14.2 Å². The predicted molar refractivity (Wildman–Crippen MR) is 59.8 cm³/mol. The van der Waals surface area contributed by atoms with Gasteiger partial charge in [0.25, 0.3) is 5.78 Å². The van der Waals surface area contributed by atoms with E-state index in [1.54, 1.807) is 19.3 Å². The molecule has 0 saturated carbocycles. The third-order valence-corrected chi connectivity index (χ3v) is 2.32. The maximum atomic E-state index is 11.9. The molecule has 0 bridgehead atoms. The van der Waals surface area contributed by atoms with Gasteiger partial charge in [0, 0.05) is 7.11 Å². The molecule has 0 aliphatic heterocycles. The SMILES string of the molecule is CCOC1=CC(C)(OC)C=C(OCC)C1=O. The van der Waals surface area contributed by atoms with Crippen molar-refractivity contribution in [3.63, 3.8) is 0 Å². The Morgan fingerprint density at radius 3 is 1.88 bits per heavy atom. The summed E-state index contributed by atoms with van der Waals surface area (Å²) in [6.45, 7) is 6.39. The van der Waals surface area contributed by atoms with Crippen LogP contribution in [0.1, 0.15) is 20.8 Å². The Kier molecular flexibility index (Phi) is 4.12. The number of ether oxygens (including phenoxy) is 3. The van der Waals surface area contributed by atoms with Crippen LogP contribution in [-0.2, 0) is 19.0 Å². The van der Waals surface area contributed by atoms with Crippen molar-refractivity contribution < 1.29 is 19.0 Å². The van der Waals surface area contributed by atoms with Crippen LogP contribution < -0.4 is 0 Å². The maximum Gasteiger partial charge on any atom is 0.261 e. The van der Waals surface area contributed by atoms with Gasteiger partial charge in [-0.1, -0.05) is 0 Å². The maximum absolute atomic E-state index is 11.9. The van der Waals surface area contributed by atoms with Crippen LogP contribution in [0.15, 0.2) is 23.7 Å². The summed E-state index contributed by atoms with van der Waals surface area (Å²) < 4.78 is 15.9. The van der Waals surface area contributed by atoms with Crippen molar-refractivity contribution >= 4 is 5.78 Å². The molecule has 0 unspecified atom stereocenters. The second kappa shape index (κ2) is 5.16. The van der Waals surface area contributed by atoms with Gasteiger partial charge in [0.05, 0.1) is 13.2 Å². The molecule has 4 heteroatoms. The summed E-state index contributed by atoms with van der Waals surface area (Å²) in [6.07, 6.45) is 3.34. The monoisotopic (exact) mass is 226 g/mol. The largest absolute Gasteiger partial charge is 0.490 e. The average Bonchev–Trinajstić information content (AvgIpc) is 2.26. The van der Waals surface area contributed by atoms with Crippen LogP contribution in [-0.4, -0.2) is 31.7 Å². The minimum Gasteiger partial charge on any atom is -0.490 e. The number of carbonyl (C=O) groups excluding carboxylic acids is 1. The molecule has 0 saturated heterocycles. The molecule has 0 N–H and O–H groups in total. The topological polar surface area (TPSA) is 44.8 Å². The van der Waals surface area contributed by atoms with E-state index < -0.39 is 5.60 Å². The number of hydrogen-bond acceptors (Lipinski definition) is 4. The normalized spacial score (nSPS) is 18.9. The van der Waals surface area contributed by atoms with Gasteiger partial charge in [-0.05, 0) is 32.9 Å². The van der Waals surface area contributed by atoms with E-state index in [0.29, 0.717) is 13.2 Å². The molecule has 1 rings (SSSR count). The van der Waals surface area contributed by atoms with Gasteiger partial charge in [-0.3, -0.25) is 4.79 Å². The van der Waals surface area contributed by atoms with Crippen molar-refractivity contribution in [2.45, 2.75) is 26.4 Å². The van der Waals surface area contributed by atoms with E-state index in [0.717, 1.165) is 0 Å². The van der Waals surface area contributed by atoms with Gasteiger partial charge in [0.2, 0.25) is 0 Å². The molecular weight excluding hydrogens is 208 g/mol. The number of methoxy groups -OCH3 is 1. The summed E-state index contributed by atoms with van der Waals surface area (Å²) in [6, 6.07) is 0. The Labute approximate surface area is 95.9 Å². The smallest absolute Gasteiger partial charge is 0.261 e. The van der Waals surface area contributed by atoms with Crippen LogP contribution in [0.2, 0.25) is 0 Å². The average molecular weight is 226 g/mol. The molecule has 4 nitrogen and oxygen atoms in total. The lowest BCUT2D eigenvalue weighted by atomic mass is 9.97. The zero-order valence-electron chi connectivity index (χ0n) is 10.2. The highest BCUT2D eigenvalue weighted by atomic mass is 16.5. The van der Waals surface area contributed by atoms with Crippen LogP contribution in [0, 0.1) is 0 Å². The summed E-state index contributed by atoms with van der Waals surface area (Å²) in [5.41, 5.74) is -0.650. The Hall–Kier alpha value is -1.29. The van der Waals surface area contributed by atoms with Gasteiger partial charge in [-0.15, -0.1) is 0 Å². The molecule has 0 aromatic carbocycles. The molecule has 1 aliphatic rings. The third kappa shape index (κ3) is 2.64. The minimum absolute atomic E-state index is 0.224. The van der Waals surface area contributed by atoms with E-state index in [1.807, 2.05) is 20.8 Å². The number of rotatable bonds is 5. The summed E-state index contributed by atoms with van der Waals surface area (Å²) in [4.78, 5) is 11.9. The fraction of sp³-hybridized carbons (Fsp3) is 0.583. The van der Waals surface area contributed by atoms with E-state index in [1.165, 1.54) is 0 Å². The molecule has 0 atom stereocenters. The quantitative estimate of drug-likeness (QED) is 0.717. The zero-order chi connectivity index (χ0) is 12.2. The van der Waals surface area contributed by atoms with Crippen molar-refractivity contribution in [1.29, 1.82) is 0 Å². The fourth-order valence-corrected chi connectivity index (χ4v) is 1.46. The molecule has 0 radical (unpaired) electrons. The number of ketones is 1. The van der Waals surface area contributed by atoms with Crippen molar-refractivity contribution in [3.05, 3.63) is 23.7 Å². The number of Topliss-reactive ketones (excluding diaryl/α,β-unsaturated/α-hetero) is 1. The van der Waals surface area contributed by atoms with Crippen LogP contribution in [0.3, 0.4) is 0 Å². The van der Waals surface area contributed by atoms with Gasteiger partial charge in [0.15, 0.2) is 11.5 Å². The lowest BCUT2D eigenvalue weighted by Gasteiger charge is -2.27. The molecule has 0 aromatic rings. The molecule has 0 spiro atoms. The van der Waals surface area contributed by atoms with Crippen LogP contribution in [0.25, 0.3) is 0 Å². The fourth-order valence-electron chi connectivity index (χ4n) is 1.46. The van der Waals surface area contributed by atoms with Crippen LogP contribution >= 0.6 is 0 Å². The van der Waals surface area contributed by atoms with E-state index in [2.05, 4.69) is 0 Å². The predicted octanol–water partition coefficient (Wildman–Crippen LogP) is 1.81. The van der Waals surface area contributed by atoms with E-state index in [-0.39, 0.29) is 17.3 Å². The Morgan fingerprint density at radius 1 is 1.12 bits per heavy atom. The molecule has 1 aliphatic carbocycles. The lowest BCUT2D eigenvalue weighted by molar-refractivity contribution is -0.119. The highest BCUT2D eigenvalue weighted by molar-refractivity contribution is 6.06. The molecule has 0 amide bonds.